The highest BCUT2D eigenvalue weighted by Crippen LogP contribution is 2.42. The molecule has 2 rings (SSSR count). The molecule has 1 unspecified atom stereocenters. The minimum atomic E-state index is -4.12. The average molecular weight is 234 g/mol. The van der Waals surface area contributed by atoms with E-state index < -0.39 is 35.5 Å². The van der Waals surface area contributed by atoms with E-state index in [9.17, 15) is 18.0 Å². The average Bonchev–Trinajstić information content (AvgIpc) is 2.18. The first-order chi connectivity index (χ1) is 7.42. The van der Waals surface area contributed by atoms with Gasteiger partial charge in [0, 0.05) is 0 Å². The normalized spacial score (nSPS) is 21.6. The van der Waals surface area contributed by atoms with Crippen molar-refractivity contribution in [1.82, 2.24) is 0 Å². The molecule has 0 aliphatic carbocycles. The van der Waals surface area contributed by atoms with Crippen molar-refractivity contribution in [3.8, 4) is 11.5 Å². The topological polar surface area (TPSA) is 55.8 Å². The van der Waals surface area contributed by atoms with E-state index in [2.05, 4.69) is 9.47 Å². The maximum Gasteiger partial charge on any atom is 0.468 e. The zero-order valence-corrected chi connectivity index (χ0v) is 7.62. The van der Waals surface area contributed by atoms with Crippen LogP contribution in [0.3, 0.4) is 0 Å². The third kappa shape index (κ3) is 1.54. The molecule has 0 saturated carbocycles. The summed E-state index contributed by atoms with van der Waals surface area (Å²) >= 11 is 0. The van der Waals surface area contributed by atoms with E-state index >= 15 is 0 Å². The number of alkyl halides is 3. The van der Waals surface area contributed by atoms with Crippen molar-refractivity contribution in [3.63, 3.8) is 0 Å². The highest BCUT2D eigenvalue weighted by molar-refractivity contribution is 5.92. The van der Waals surface area contributed by atoms with Crippen LogP contribution in [0.1, 0.15) is 10.4 Å². The predicted molar refractivity (Wildman–Crippen MR) is 44.5 cm³/mol. The largest absolute Gasteiger partial charge is 0.478 e. The third-order valence-corrected chi connectivity index (χ3v) is 1.94. The van der Waals surface area contributed by atoms with Crippen LogP contribution in [0.15, 0.2) is 18.2 Å². The van der Waals surface area contributed by atoms with Crippen LogP contribution in [0.4, 0.5) is 13.2 Å². The van der Waals surface area contributed by atoms with E-state index in [1.54, 1.807) is 0 Å². The van der Waals surface area contributed by atoms with E-state index in [0.717, 1.165) is 12.1 Å². The van der Waals surface area contributed by atoms with Crippen LogP contribution >= 0.6 is 0 Å². The molecule has 0 fully saturated rings. The molecule has 1 atom stereocenters. The number of ether oxygens (including phenoxy) is 2. The Bertz CT molecular complexity index is 446. The molecule has 1 aromatic rings. The summed E-state index contributed by atoms with van der Waals surface area (Å²) < 4.78 is 46.5. The highest BCUT2D eigenvalue weighted by Gasteiger charge is 2.50. The monoisotopic (exact) mass is 234 g/mol. The van der Waals surface area contributed by atoms with Crippen LogP contribution in [-0.4, -0.2) is 23.5 Å². The van der Waals surface area contributed by atoms with Crippen molar-refractivity contribution in [1.29, 1.82) is 0 Å². The lowest BCUT2D eigenvalue weighted by Crippen LogP contribution is -2.43. The molecule has 1 heterocycles. The lowest BCUT2D eigenvalue weighted by molar-refractivity contribution is -0.281. The number of aromatic carboxylic acids is 1. The maximum atomic E-state index is 12.8. The van der Waals surface area contributed by atoms with Gasteiger partial charge in [0.15, 0.2) is 11.5 Å². The van der Waals surface area contributed by atoms with Crippen LogP contribution in [0.5, 0.6) is 11.5 Å². The van der Waals surface area contributed by atoms with Gasteiger partial charge in [0.2, 0.25) is 0 Å². The van der Waals surface area contributed by atoms with Gasteiger partial charge in [0.25, 0.3) is 0 Å². The van der Waals surface area contributed by atoms with Gasteiger partial charge >= 0.3 is 18.4 Å². The van der Waals surface area contributed by atoms with Gasteiger partial charge in [-0.15, -0.1) is 0 Å². The van der Waals surface area contributed by atoms with Crippen LogP contribution in [0.25, 0.3) is 0 Å². The first kappa shape index (κ1) is 10.6. The first-order valence-corrected chi connectivity index (χ1v) is 4.15. The summed E-state index contributed by atoms with van der Waals surface area (Å²) in [6, 6.07) is 3.36. The zero-order chi connectivity index (χ0) is 11.9. The molecule has 0 spiro atoms. The fourth-order valence-corrected chi connectivity index (χ4v) is 1.25. The summed E-state index contributed by atoms with van der Waals surface area (Å²) in [5.41, 5.74) is -0.435. The van der Waals surface area contributed by atoms with E-state index in [1.807, 2.05) is 0 Å². The molecule has 86 valence electrons. The molecule has 0 aromatic heterocycles. The van der Waals surface area contributed by atoms with Gasteiger partial charge in [-0.05, 0) is 12.1 Å². The van der Waals surface area contributed by atoms with Crippen molar-refractivity contribution in [2.75, 3.05) is 0 Å². The maximum absolute atomic E-state index is 12.8. The molecule has 16 heavy (non-hydrogen) atoms. The summed E-state index contributed by atoms with van der Waals surface area (Å²) in [6.07, 6.45) is -7.15. The fourth-order valence-electron chi connectivity index (χ4n) is 1.25. The Kier molecular flexibility index (Phi) is 2.18. The lowest BCUT2D eigenvalue weighted by atomic mass is 10.2. The van der Waals surface area contributed by atoms with E-state index in [-0.39, 0.29) is 0 Å². The van der Waals surface area contributed by atoms with E-state index in [0.29, 0.717) is 0 Å². The standard InChI is InChI=1S/C9H5F3O4/c10-8-9(11,12)16-5-3-1-2-4(7(13)14)6(5)15-8/h1-3,8H,(H,13,14). The Labute approximate surface area is 87.2 Å². The van der Waals surface area contributed by atoms with Gasteiger partial charge in [-0.3, -0.25) is 0 Å². The lowest BCUT2D eigenvalue weighted by Gasteiger charge is -2.28. The number of hydrogen-bond acceptors (Lipinski definition) is 3. The van der Waals surface area contributed by atoms with Crippen molar-refractivity contribution >= 4 is 5.97 Å². The summed E-state index contributed by atoms with van der Waals surface area (Å²) in [5, 5.41) is 8.71. The molecule has 0 saturated heterocycles. The molecule has 1 aromatic carbocycles. The van der Waals surface area contributed by atoms with Gasteiger partial charge in [-0.2, -0.15) is 13.2 Å². The number of carboxylic acids is 1. The number of fused-ring (bicyclic) bond motifs is 1. The Balaban J connectivity index is 2.51. The number of para-hydroxylation sites is 1. The number of carbonyl (C=O) groups is 1. The van der Waals surface area contributed by atoms with Gasteiger partial charge in [0.1, 0.15) is 5.56 Å². The van der Waals surface area contributed by atoms with Crippen molar-refractivity contribution in [3.05, 3.63) is 23.8 Å². The molecule has 0 radical (unpaired) electrons. The molecule has 1 N–H and O–H groups in total. The second-order valence-corrected chi connectivity index (χ2v) is 3.04. The molecule has 7 heteroatoms. The number of hydrogen-bond donors (Lipinski definition) is 1. The molecule has 0 amide bonds. The molecule has 1 aliphatic heterocycles. The molecular formula is C9H5F3O4. The van der Waals surface area contributed by atoms with Crippen molar-refractivity contribution in [2.45, 2.75) is 12.5 Å². The van der Waals surface area contributed by atoms with Gasteiger partial charge in [-0.25, -0.2) is 4.79 Å². The van der Waals surface area contributed by atoms with Crippen LogP contribution in [0, 0.1) is 0 Å². The first-order valence-electron chi connectivity index (χ1n) is 4.15. The quantitative estimate of drug-likeness (QED) is 0.807. The van der Waals surface area contributed by atoms with Gasteiger partial charge < -0.3 is 14.6 Å². The number of carboxylic acid groups (broad SMARTS) is 1. The molecule has 4 nitrogen and oxygen atoms in total. The van der Waals surface area contributed by atoms with Crippen LogP contribution in [-0.2, 0) is 0 Å². The van der Waals surface area contributed by atoms with Crippen LogP contribution in [0.2, 0.25) is 0 Å². The summed E-state index contributed by atoms with van der Waals surface area (Å²) in [5.74, 6) is -2.45. The smallest absolute Gasteiger partial charge is 0.468 e. The Hall–Kier alpha value is -1.92. The Morgan fingerprint density at radius 3 is 2.75 bits per heavy atom. The van der Waals surface area contributed by atoms with E-state index in [1.165, 1.54) is 6.07 Å². The number of halogens is 3. The molecule has 0 bridgehead atoms. The number of rotatable bonds is 1. The summed E-state index contributed by atoms with van der Waals surface area (Å²) in [7, 11) is 0. The SMILES string of the molecule is O=C(O)c1cccc2c1OC(F)C(F)(F)O2. The number of benzene rings is 1. The third-order valence-electron chi connectivity index (χ3n) is 1.94. The molecular weight excluding hydrogens is 229 g/mol. The van der Waals surface area contributed by atoms with E-state index in [4.69, 9.17) is 5.11 Å². The summed E-state index contributed by atoms with van der Waals surface area (Å²) in [6.45, 7) is 0. The van der Waals surface area contributed by atoms with Crippen molar-refractivity contribution in [2.24, 2.45) is 0 Å². The fraction of sp³-hybridized carbons (Fsp3) is 0.222. The zero-order valence-electron chi connectivity index (χ0n) is 7.62. The van der Waals surface area contributed by atoms with Crippen LogP contribution < -0.4 is 9.47 Å². The minimum Gasteiger partial charge on any atom is -0.478 e. The minimum absolute atomic E-state index is 0.435. The second kappa shape index (κ2) is 3.29. The predicted octanol–water partition coefficient (Wildman–Crippen LogP) is 2.04. The molecule has 1 aliphatic rings. The van der Waals surface area contributed by atoms with Gasteiger partial charge in [0.05, 0.1) is 0 Å². The second-order valence-electron chi connectivity index (χ2n) is 3.04. The summed E-state index contributed by atoms with van der Waals surface area (Å²) in [4.78, 5) is 10.7. The Morgan fingerprint density at radius 2 is 2.12 bits per heavy atom. The van der Waals surface area contributed by atoms with Gasteiger partial charge in [-0.1, -0.05) is 6.07 Å². The highest BCUT2D eigenvalue weighted by atomic mass is 19.3. The Morgan fingerprint density at radius 1 is 1.44 bits per heavy atom. The van der Waals surface area contributed by atoms with Crippen molar-refractivity contribution < 1.29 is 32.5 Å².